The van der Waals surface area contributed by atoms with Gasteiger partial charge in [0.2, 0.25) is 5.91 Å². The van der Waals surface area contributed by atoms with Gasteiger partial charge in [0.25, 0.3) is 0 Å². The van der Waals surface area contributed by atoms with Crippen molar-refractivity contribution in [2.24, 2.45) is 4.99 Å². The number of halogens is 1. The molecule has 3 N–H and O–H groups in total. The molecule has 33 heavy (non-hydrogen) atoms. The summed E-state index contributed by atoms with van der Waals surface area (Å²) in [7, 11) is 1.59. The lowest BCUT2D eigenvalue weighted by Crippen LogP contribution is -2.44. The average Bonchev–Trinajstić information content (AvgIpc) is 3.32. The number of methoxy groups -OCH3 is 1. The van der Waals surface area contributed by atoms with E-state index >= 15 is 0 Å². The van der Waals surface area contributed by atoms with E-state index in [2.05, 4.69) is 20.9 Å². The molecule has 3 rings (SSSR count). The third kappa shape index (κ3) is 8.22. The van der Waals surface area contributed by atoms with Gasteiger partial charge in [-0.25, -0.2) is 4.99 Å². The number of nitrogens with zero attached hydrogens (tertiary/aromatic N) is 2. The maximum atomic E-state index is 11.5. The number of ether oxygens (including phenoxy) is 1. The summed E-state index contributed by atoms with van der Waals surface area (Å²) in [6.07, 6.45) is 5.47. The molecule has 8 nitrogen and oxygen atoms in total. The topological polar surface area (TPSA) is 91.1 Å². The molecule has 9 heteroatoms. The van der Waals surface area contributed by atoms with Crippen molar-refractivity contribution >= 4 is 41.5 Å². The van der Waals surface area contributed by atoms with Crippen molar-refractivity contribution in [3.8, 4) is 5.75 Å². The highest BCUT2D eigenvalue weighted by Crippen LogP contribution is 2.26. The molecule has 0 spiro atoms. The Balaban J connectivity index is 0.00000385. The van der Waals surface area contributed by atoms with Gasteiger partial charge in [-0.3, -0.25) is 9.69 Å². The Hall–Kier alpha value is -2.27. The average molecular weight is 569 g/mol. The van der Waals surface area contributed by atoms with Crippen molar-refractivity contribution in [1.82, 2.24) is 15.5 Å². The minimum absolute atomic E-state index is 0. The molecule has 182 valence electrons. The predicted octanol–water partition coefficient (Wildman–Crippen LogP) is 4.15. The number of guanidine groups is 1. The van der Waals surface area contributed by atoms with Crippen LogP contribution in [0.2, 0.25) is 0 Å². The smallest absolute Gasteiger partial charge is 0.221 e. The minimum atomic E-state index is -0.138. The third-order valence-electron chi connectivity index (χ3n) is 5.50. The van der Waals surface area contributed by atoms with Gasteiger partial charge in [0.1, 0.15) is 11.5 Å². The molecule has 0 bridgehead atoms. The number of aliphatic imine (C=N–C) groups is 1. The van der Waals surface area contributed by atoms with Gasteiger partial charge in [0.15, 0.2) is 5.96 Å². The van der Waals surface area contributed by atoms with E-state index in [1.54, 1.807) is 13.4 Å². The Kier molecular flexibility index (Phi) is 11.5. The monoisotopic (exact) mass is 569 g/mol. The number of carbonyl (C=O) groups excluding carboxylic acids is 1. The van der Waals surface area contributed by atoms with Crippen molar-refractivity contribution in [3.05, 3.63) is 47.9 Å². The van der Waals surface area contributed by atoms with Crippen LogP contribution in [0.4, 0.5) is 5.69 Å². The van der Waals surface area contributed by atoms with Crippen LogP contribution in [0.3, 0.4) is 0 Å². The molecular weight excluding hydrogens is 533 g/mol. The highest BCUT2D eigenvalue weighted by atomic mass is 127. The second-order valence-electron chi connectivity index (χ2n) is 7.92. The highest BCUT2D eigenvalue weighted by molar-refractivity contribution is 14.0. The molecule has 1 aliphatic heterocycles. The summed E-state index contributed by atoms with van der Waals surface area (Å²) in [5.41, 5.74) is 1.62. The van der Waals surface area contributed by atoms with Crippen LogP contribution in [-0.2, 0) is 11.3 Å². The maximum Gasteiger partial charge on any atom is 0.221 e. The van der Waals surface area contributed by atoms with Gasteiger partial charge in [0, 0.05) is 20.0 Å². The first kappa shape index (κ1) is 27.0. The molecule has 0 radical (unpaired) electrons. The highest BCUT2D eigenvalue weighted by Gasteiger charge is 2.24. The SMILES string of the molecule is CCNC(=NCc1ccc(OC)c(NC(C)=O)c1)NCC(c1ccco1)N1CCCCC1.I. The van der Waals surface area contributed by atoms with Crippen LogP contribution in [0.25, 0.3) is 0 Å². The zero-order valence-electron chi connectivity index (χ0n) is 19.7. The first-order valence-corrected chi connectivity index (χ1v) is 11.3. The largest absolute Gasteiger partial charge is 0.495 e. The molecule has 1 saturated heterocycles. The van der Waals surface area contributed by atoms with E-state index in [-0.39, 0.29) is 35.9 Å². The van der Waals surface area contributed by atoms with Crippen molar-refractivity contribution in [2.45, 2.75) is 45.7 Å². The van der Waals surface area contributed by atoms with Crippen LogP contribution >= 0.6 is 24.0 Å². The van der Waals surface area contributed by atoms with E-state index in [1.165, 1.54) is 26.2 Å². The van der Waals surface area contributed by atoms with Crippen LogP contribution in [0.5, 0.6) is 5.75 Å². The number of rotatable bonds is 9. The molecule has 1 unspecified atom stereocenters. The lowest BCUT2D eigenvalue weighted by Gasteiger charge is -2.33. The Morgan fingerprint density at radius 1 is 1.21 bits per heavy atom. The van der Waals surface area contributed by atoms with Crippen molar-refractivity contribution in [2.75, 3.05) is 38.6 Å². The molecule has 1 aliphatic rings. The first-order chi connectivity index (χ1) is 15.6. The number of piperidine rings is 1. The van der Waals surface area contributed by atoms with Gasteiger partial charge < -0.3 is 25.1 Å². The van der Waals surface area contributed by atoms with Gasteiger partial charge in [-0.05, 0) is 62.7 Å². The van der Waals surface area contributed by atoms with Crippen molar-refractivity contribution in [3.63, 3.8) is 0 Å². The lowest BCUT2D eigenvalue weighted by molar-refractivity contribution is -0.114. The number of furan rings is 1. The first-order valence-electron chi connectivity index (χ1n) is 11.3. The van der Waals surface area contributed by atoms with Gasteiger partial charge in [0.05, 0.1) is 31.6 Å². The molecule has 1 amide bonds. The molecule has 0 aliphatic carbocycles. The number of nitrogens with one attached hydrogen (secondary N) is 3. The molecule has 1 aromatic carbocycles. The van der Waals surface area contributed by atoms with Crippen LogP contribution in [0, 0.1) is 0 Å². The van der Waals surface area contributed by atoms with Gasteiger partial charge in [-0.1, -0.05) is 12.5 Å². The van der Waals surface area contributed by atoms with Gasteiger partial charge in [-0.2, -0.15) is 0 Å². The summed E-state index contributed by atoms with van der Waals surface area (Å²) in [6.45, 7) is 7.64. The Labute approximate surface area is 213 Å². The van der Waals surface area contributed by atoms with E-state index in [4.69, 9.17) is 14.1 Å². The molecule has 0 saturated carbocycles. The molecule has 1 atom stereocenters. The van der Waals surface area contributed by atoms with Crippen LogP contribution in [0.1, 0.15) is 50.5 Å². The minimum Gasteiger partial charge on any atom is -0.495 e. The number of carbonyl (C=O) groups is 1. The molecule has 1 aromatic heterocycles. The summed E-state index contributed by atoms with van der Waals surface area (Å²) < 4.78 is 11.1. The van der Waals surface area contributed by atoms with E-state index in [0.717, 1.165) is 36.9 Å². The summed E-state index contributed by atoms with van der Waals surface area (Å²) in [5.74, 6) is 2.21. The number of hydrogen-bond acceptors (Lipinski definition) is 5. The summed E-state index contributed by atoms with van der Waals surface area (Å²) in [5, 5.41) is 9.62. The zero-order chi connectivity index (χ0) is 22.8. The fourth-order valence-electron chi connectivity index (χ4n) is 3.97. The van der Waals surface area contributed by atoms with Crippen molar-refractivity contribution < 1.29 is 13.9 Å². The molecule has 1 fully saturated rings. The number of amides is 1. The van der Waals surface area contributed by atoms with Crippen LogP contribution < -0.4 is 20.7 Å². The van der Waals surface area contributed by atoms with E-state index in [1.807, 2.05) is 37.3 Å². The van der Waals surface area contributed by atoms with E-state index < -0.39 is 0 Å². The Morgan fingerprint density at radius 3 is 2.64 bits per heavy atom. The third-order valence-corrected chi connectivity index (χ3v) is 5.50. The molecular formula is C24H36IN5O3. The van der Waals surface area contributed by atoms with E-state index in [0.29, 0.717) is 24.5 Å². The summed E-state index contributed by atoms with van der Waals surface area (Å²) in [4.78, 5) is 18.7. The summed E-state index contributed by atoms with van der Waals surface area (Å²) >= 11 is 0. The lowest BCUT2D eigenvalue weighted by atomic mass is 10.1. The van der Waals surface area contributed by atoms with E-state index in [9.17, 15) is 4.79 Å². The number of anilines is 1. The summed E-state index contributed by atoms with van der Waals surface area (Å²) in [6, 6.07) is 9.86. The second kappa shape index (κ2) is 14.1. The Bertz CT molecular complexity index is 882. The number of hydrogen-bond donors (Lipinski definition) is 3. The van der Waals surface area contributed by atoms with Crippen molar-refractivity contribution in [1.29, 1.82) is 0 Å². The Morgan fingerprint density at radius 2 is 2.00 bits per heavy atom. The van der Waals surface area contributed by atoms with Crippen LogP contribution in [-0.4, -0.2) is 50.1 Å². The molecule has 2 aromatic rings. The number of likely N-dealkylation sites (tertiary alicyclic amines) is 1. The predicted molar refractivity (Wildman–Crippen MR) is 142 cm³/mol. The maximum absolute atomic E-state index is 11.5. The fourth-order valence-corrected chi connectivity index (χ4v) is 3.97. The number of benzene rings is 1. The standard InChI is InChI=1S/C24H35N5O3.HI/c1-4-25-24(26-16-19-10-11-22(31-3)20(15-19)28-18(2)30)27-17-21(23-9-8-14-32-23)29-12-6-5-7-13-29;/h8-11,14-15,21H,4-7,12-13,16-17H2,1-3H3,(H,28,30)(H2,25,26,27);1H. The quantitative estimate of drug-likeness (QED) is 0.239. The van der Waals surface area contributed by atoms with Crippen LogP contribution in [0.15, 0.2) is 46.0 Å². The second-order valence-corrected chi connectivity index (χ2v) is 7.92. The normalized spacial score (nSPS) is 15.3. The van der Waals surface area contributed by atoms with Gasteiger partial charge >= 0.3 is 0 Å². The van der Waals surface area contributed by atoms with Gasteiger partial charge in [-0.15, -0.1) is 24.0 Å². The zero-order valence-corrected chi connectivity index (χ0v) is 22.1. The fraction of sp³-hybridized carbons (Fsp3) is 0.500. The molecule has 2 heterocycles.